The molecule has 0 aliphatic carbocycles. The molecule has 4 aromatic rings. The van der Waals surface area contributed by atoms with Crippen molar-refractivity contribution in [3.63, 3.8) is 0 Å². The van der Waals surface area contributed by atoms with E-state index in [9.17, 15) is 22.8 Å². The summed E-state index contributed by atoms with van der Waals surface area (Å²) in [6, 6.07) is 25.2. The van der Waals surface area contributed by atoms with Crippen LogP contribution in [0.5, 0.6) is 5.75 Å². The summed E-state index contributed by atoms with van der Waals surface area (Å²) < 4.78 is 51.9. The normalized spacial score (nSPS) is 11.3. The van der Waals surface area contributed by atoms with Gasteiger partial charge in [-0.05, 0) is 66.1 Å². The molecule has 0 bridgehead atoms. The molecular formula is C34H36F3N3O4. The van der Waals surface area contributed by atoms with Crippen LogP contribution in [0.4, 0.5) is 13.2 Å². The first-order valence-electron chi connectivity index (χ1n) is 14.2. The van der Waals surface area contributed by atoms with Gasteiger partial charge in [0.2, 0.25) is 5.91 Å². The van der Waals surface area contributed by atoms with Gasteiger partial charge in [-0.3, -0.25) is 9.59 Å². The smallest absolute Gasteiger partial charge is 0.416 e. The molecular weight excluding hydrogens is 571 g/mol. The molecule has 10 heteroatoms. The molecule has 44 heavy (non-hydrogen) atoms. The lowest BCUT2D eigenvalue weighted by atomic mass is 10.1. The standard InChI is InChI=1S/C34H36F3N3O4/c1-43-20-8-19-39(33(42)28-14-16-29(17-15-28)34(35,36)37)25-32(41)40(22-26-9-4-3-5-10-26)24-30-12-7-18-38(30)23-27-11-6-13-31(21-27)44-2/h3-7,9-18,21H,8,19-20,22-25H2,1-2H3. The first kappa shape index (κ1) is 32.3. The zero-order valence-corrected chi connectivity index (χ0v) is 24.8. The average molecular weight is 608 g/mol. The number of nitrogens with zero attached hydrogens (tertiary/aromatic N) is 3. The van der Waals surface area contributed by atoms with E-state index in [0.29, 0.717) is 26.1 Å². The second-order valence-corrected chi connectivity index (χ2v) is 10.4. The number of benzene rings is 3. The third-order valence-corrected chi connectivity index (χ3v) is 7.18. The third kappa shape index (κ3) is 8.97. The minimum absolute atomic E-state index is 0.0741. The Morgan fingerprint density at radius 2 is 1.55 bits per heavy atom. The first-order chi connectivity index (χ1) is 21.2. The Kier molecular flexibility index (Phi) is 11.2. The number of amides is 2. The van der Waals surface area contributed by atoms with Crippen molar-refractivity contribution in [2.24, 2.45) is 0 Å². The number of rotatable bonds is 14. The largest absolute Gasteiger partial charge is 0.497 e. The van der Waals surface area contributed by atoms with Crippen molar-refractivity contribution < 1.29 is 32.2 Å². The van der Waals surface area contributed by atoms with Gasteiger partial charge in [0.05, 0.1) is 19.2 Å². The fourth-order valence-electron chi connectivity index (χ4n) is 4.85. The van der Waals surface area contributed by atoms with E-state index in [1.165, 1.54) is 12.0 Å². The Labute approximate surface area is 255 Å². The quantitative estimate of drug-likeness (QED) is 0.159. The maximum atomic E-state index is 13.9. The number of hydrogen-bond acceptors (Lipinski definition) is 4. The van der Waals surface area contributed by atoms with Crippen LogP contribution in [0.2, 0.25) is 0 Å². The van der Waals surface area contributed by atoms with Crippen LogP contribution in [0.15, 0.2) is 97.2 Å². The number of ether oxygens (including phenoxy) is 2. The summed E-state index contributed by atoms with van der Waals surface area (Å²) in [4.78, 5) is 30.4. The molecule has 0 N–H and O–H groups in total. The van der Waals surface area contributed by atoms with Gasteiger partial charge >= 0.3 is 6.18 Å². The number of methoxy groups -OCH3 is 2. The summed E-state index contributed by atoms with van der Waals surface area (Å²) in [5.74, 6) is -0.0618. The Bertz CT molecular complexity index is 1500. The van der Waals surface area contributed by atoms with E-state index in [0.717, 1.165) is 46.8 Å². The van der Waals surface area contributed by atoms with Gasteiger partial charge in [0.1, 0.15) is 12.3 Å². The Morgan fingerprint density at radius 1 is 0.818 bits per heavy atom. The lowest BCUT2D eigenvalue weighted by Crippen LogP contribution is -2.43. The number of alkyl halides is 3. The zero-order chi connectivity index (χ0) is 31.5. The molecule has 4 rings (SSSR count). The summed E-state index contributed by atoms with van der Waals surface area (Å²) in [6.45, 7) is 1.48. The third-order valence-electron chi connectivity index (χ3n) is 7.18. The van der Waals surface area contributed by atoms with Gasteiger partial charge in [0, 0.05) is 50.8 Å². The molecule has 232 valence electrons. The predicted octanol–water partition coefficient (Wildman–Crippen LogP) is 6.27. The molecule has 0 fully saturated rings. The van der Waals surface area contributed by atoms with Crippen LogP contribution in [-0.4, -0.2) is 60.1 Å². The zero-order valence-electron chi connectivity index (χ0n) is 24.8. The van der Waals surface area contributed by atoms with Crippen molar-refractivity contribution in [1.29, 1.82) is 0 Å². The van der Waals surface area contributed by atoms with Gasteiger partial charge in [-0.2, -0.15) is 13.2 Å². The Balaban J connectivity index is 1.57. The van der Waals surface area contributed by atoms with Gasteiger partial charge in [-0.1, -0.05) is 42.5 Å². The first-order valence-corrected chi connectivity index (χ1v) is 14.2. The molecule has 7 nitrogen and oxygen atoms in total. The number of hydrogen-bond donors (Lipinski definition) is 0. The van der Waals surface area contributed by atoms with E-state index >= 15 is 0 Å². The maximum absolute atomic E-state index is 13.9. The van der Waals surface area contributed by atoms with Crippen LogP contribution < -0.4 is 4.74 Å². The number of aromatic nitrogens is 1. The number of carbonyl (C=O) groups is 2. The van der Waals surface area contributed by atoms with Crippen LogP contribution >= 0.6 is 0 Å². The summed E-state index contributed by atoms with van der Waals surface area (Å²) in [7, 11) is 3.16. The highest BCUT2D eigenvalue weighted by molar-refractivity contribution is 5.96. The molecule has 0 aliphatic rings. The second kappa shape index (κ2) is 15.2. The van der Waals surface area contributed by atoms with E-state index in [1.54, 1.807) is 12.0 Å². The highest BCUT2D eigenvalue weighted by Gasteiger charge is 2.31. The second-order valence-electron chi connectivity index (χ2n) is 10.4. The predicted molar refractivity (Wildman–Crippen MR) is 161 cm³/mol. The van der Waals surface area contributed by atoms with E-state index in [2.05, 4.69) is 4.57 Å². The van der Waals surface area contributed by atoms with Crippen molar-refractivity contribution in [1.82, 2.24) is 14.4 Å². The highest BCUT2D eigenvalue weighted by Crippen LogP contribution is 2.29. The minimum Gasteiger partial charge on any atom is -0.497 e. The van der Waals surface area contributed by atoms with E-state index in [4.69, 9.17) is 9.47 Å². The number of halogens is 3. The molecule has 0 unspecified atom stereocenters. The molecule has 3 aromatic carbocycles. The molecule has 0 saturated carbocycles. The fourth-order valence-corrected chi connectivity index (χ4v) is 4.85. The Hall–Kier alpha value is -4.57. The van der Waals surface area contributed by atoms with Crippen molar-refractivity contribution in [2.45, 2.75) is 32.2 Å². The highest BCUT2D eigenvalue weighted by atomic mass is 19.4. The van der Waals surface area contributed by atoms with Gasteiger partial charge in [-0.25, -0.2) is 0 Å². The van der Waals surface area contributed by atoms with E-state index < -0.39 is 17.6 Å². The van der Waals surface area contributed by atoms with Crippen LogP contribution in [0.3, 0.4) is 0 Å². The van der Waals surface area contributed by atoms with E-state index in [-0.39, 0.29) is 31.1 Å². The molecule has 0 spiro atoms. The van der Waals surface area contributed by atoms with E-state index in [1.807, 2.05) is 72.9 Å². The molecule has 0 radical (unpaired) electrons. The monoisotopic (exact) mass is 607 g/mol. The van der Waals surface area contributed by atoms with Crippen molar-refractivity contribution in [2.75, 3.05) is 33.9 Å². The summed E-state index contributed by atoms with van der Waals surface area (Å²) >= 11 is 0. The van der Waals surface area contributed by atoms with Crippen LogP contribution in [0.25, 0.3) is 0 Å². The topological polar surface area (TPSA) is 64.0 Å². The van der Waals surface area contributed by atoms with Crippen molar-refractivity contribution >= 4 is 11.8 Å². The van der Waals surface area contributed by atoms with Gasteiger partial charge in [-0.15, -0.1) is 0 Å². The number of carbonyl (C=O) groups excluding carboxylic acids is 2. The van der Waals surface area contributed by atoms with Gasteiger partial charge in [0.25, 0.3) is 5.91 Å². The summed E-state index contributed by atoms with van der Waals surface area (Å²) in [5.41, 5.74) is 2.09. The van der Waals surface area contributed by atoms with Crippen molar-refractivity contribution in [3.05, 3.63) is 125 Å². The van der Waals surface area contributed by atoms with Crippen LogP contribution in [0.1, 0.15) is 39.2 Å². The summed E-state index contributed by atoms with van der Waals surface area (Å²) in [5, 5.41) is 0. The average Bonchev–Trinajstić information content (AvgIpc) is 3.46. The lowest BCUT2D eigenvalue weighted by Gasteiger charge is -2.28. The van der Waals surface area contributed by atoms with Crippen molar-refractivity contribution in [3.8, 4) is 5.75 Å². The molecule has 1 heterocycles. The minimum atomic E-state index is -4.52. The van der Waals surface area contributed by atoms with Crippen LogP contribution in [0, 0.1) is 0 Å². The molecule has 0 aliphatic heterocycles. The lowest BCUT2D eigenvalue weighted by molar-refractivity contribution is -0.137. The van der Waals surface area contributed by atoms with Crippen LogP contribution in [-0.2, 0) is 35.3 Å². The van der Waals surface area contributed by atoms with Gasteiger partial charge < -0.3 is 23.8 Å². The molecule has 1 aromatic heterocycles. The fraction of sp³-hybridized carbons (Fsp3) is 0.294. The molecule has 2 amide bonds. The molecule has 0 saturated heterocycles. The summed E-state index contributed by atoms with van der Waals surface area (Å²) in [6.07, 6.45) is -2.11. The molecule has 0 atom stereocenters. The maximum Gasteiger partial charge on any atom is 0.416 e. The SMILES string of the molecule is COCCCN(CC(=O)N(Cc1ccccc1)Cc1cccn1Cc1cccc(OC)c1)C(=O)c1ccc(C(F)(F)F)cc1. The Morgan fingerprint density at radius 3 is 2.23 bits per heavy atom. The van der Waals surface area contributed by atoms with Gasteiger partial charge in [0.15, 0.2) is 0 Å².